The summed E-state index contributed by atoms with van der Waals surface area (Å²) in [4.78, 5) is 21.8. The number of hydrogen-bond donors (Lipinski definition) is 0. The van der Waals surface area contributed by atoms with E-state index in [2.05, 4.69) is 10.2 Å². The fourth-order valence-corrected chi connectivity index (χ4v) is 2.68. The molecular weight excluding hydrogens is 294 g/mol. The van der Waals surface area contributed by atoms with Crippen molar-refractivity contribution in [1.82, 2.24) is 19.3 Å². The van der Waals surface area contributed by atoms with Crippen molar-refractivity contribution in [3.63, 3.8) is 0 Å². The van der Waals surface area contributed by atoms with Gasteiger partial charge in [0.2, 0.25) is 0 Å². The Bertz CT molecular complexity index is 709. The van der Waals surface area contributed by atoms with Gasteiger partial charge in [0.25, 0.3) is 11.2 Å². The predicted octanol–water partition coefficient (Wildman–Crippen LogP) is 1.24. The second-order valence-corrected chi connectivity index (χ2v) is 5.40. The highest BCUT2D eigenvalue weighted by molar-refractivity contribution is 7.99. The monoisotopic (exact) mass is 309 g/mol. The van der Waals surface area contributed by atoms with Gasteiger partial charge >= 0.3 is 0 Å². The summed E-state index contributed by atoms with van der Waals surface area (Å²) in [5.41, 5.74) is -0.347. The summed E-state index contributed by atoms with van der Waals surface area (Å²) >= 11 is 1.46. The van der Waals surface area contributed by atoms with E-state index in [0.717, 1.165) is 17.4 Å². The van der Waals surface area contributed by atoms with Crippen LogP contribution in [-0.2, 0) is 20.0 Å². The van der Waals surface area contributed by atoms with E-state index in [0.29, 0.717) is 12.3 Å². The molecule has 2 aromatic heterocycles. The number of rotatable bonds is 6. The average Bonchev–Trinajstić information content (AvgIpc) is 2.81. The molecular formula is C12H15N5O3S. The maximum atomic E-state index is 11.7. The van der Waals surface area contributed by atoms with Gasteiger partial charge in [-0.25, -0.2) is 0 Å². The van der Waals surface area contributed by atoms with Crippen LogP contribution >= 0.6 is 11.8 Å². The lowest BCUT2D eigenvalue weighted by molar-refractivity contribution is -0.385. The molecule has 0 amide bonds. The summed E-state index contributed by atoms with van der Waals surface area (Å²) in [6, 6.07) is 2.42. The maximum absolute atomic E-state index is 11.7. The van der Waals surface area contributed by atoms with Gasteiger partial charge in [-0.2, -0.15) is 0 Å². The summed E-state index contributed by atoms with van der Waals surface area (Å²) in [5.74, 6) is 1.47. The summed E-state index contributed by atoms with van der Waals surface area (Å²) in [5, 5.41) is 19.6. The van der Waals surface area contributed by atoms with Crippen LogP contribution < -0.4 is 5.56 Å². The second-order valence-electron chi connectivity index (χ2n) is 4.34. The Morgan fingerprint density at radius 3 is 2.76 bits per heavy atom. The summed E-state index contributed by atoms with van der Waals surface area (Å²) in [6.07, 6.45) is 2.06. The van der Waals surface area contributed by atoms with Crippen molar-refractivity contribution in [3.05, 3.63) is 44.6 Å². The topological polar surface area (TPSA) is 95.8 Å². The van der Waals surface area contributed by atoms with Crippen LogP contribution in [0.2, 0.25) is 0 Å². The van der Waals surface area contributed by atoms with Crippen LogP contribution in [0, 0.1) is 10.1 Å². The Kier molecular flexibility index (Phi) is 4.73. The molecule has 0 spiro atoms. The summed E-state index contributed by atoms with van der Waals surface area (Å²) < 4.78 is 3.24. The first-order valence-electron chi connectivity index (χ1n) is 6.39. The molecule has 21 heavy (non-hydrogen) atoms. The Morgan fingerprint density at radius 2 is 2.14 bits per heavy atom. The SMILES string of the molecule is CCc1nnc(SCCn2cc([N+](=O)[O-])ccc2=O)n1C. The Hall–Kier alpha value is -2.16. The summed E-state index contributed by atoms with van der Waals surface area (Å²) in [6.45, 7) is 2.38. The molecule has 0 radical (unpaired) electrons. The molecule has 2 heterocycles. The van der Waals surface area contributed by atoms with E-state index in [4.69, 9.17) is 0 Å². The highest BCUT2D eigenvalue weighted by Crippen LogP contribution is 2.16. The molecule has 0 aliphatic carbocycles. The molecule has 0 aromatic carbocycles. The molecule has 0 aliphatic rings. The van der Waals surface area contributed by atoms with Crippen molar-refractivity contribution in [2.24, 2.45) is 7.05 Å². The van der Waals surface area contributed by atoms with Crippen molar-refractivity contribution < 1.29 is 4.92 Å². The average molecular weight is 309 g/mol. The minimum atomic E-state index is -0.515. The van der Waals surface area contributed by atoms with Gasteiger partial charge in [0.15, 0.2) is 5.16 Å². The van der Waals surface area contributed by atoms with Crippen molar-refractivity contribution in [1.29, 1.82) is 0 Å². The fraction of sp³-hybridized carbons (Fsp3) is 0.417. The Labute approximate surface area is 125 Å². The Morgan fingerprint density at radius 1 is 1.38 bits per heavy atom. The zero-order valence-electron chi connectivity index (χ0n) is 11.7. The number of thioether (sulfide) groups is 1. The quantitative estimate of drug-likeness (QED) is 0.452. The van der Waals surface area contributed by atoms with Gasteiger partial charge in [-0.05, 0) is 0 Å². The third kappa shape index (κ3) is 3.48. The van der Waals surface area contributed by atoms with Gasteiger partial charge < -0.3 is 9.13 Å². The number of nitrogens with zero attached hydrogens (tertiary/aromatic N) is 5. The van der Waals surface area contributed by atoms with E-state index in [1.807, 2.05) is 18.5 Å². The standard InChI is InChI=1S/C12H15N5O3S/c1-3-10-13-14-12(15(10)2)21-7-6-16-8-9(17(19)20)4-5-11(16)18/h4-5,8H,3,6-7H2,1-2H3. The van der Waals surface area contributed by atoms with Gasteiger partial charge in [-0.1, -0.05) is 18.7 Å². The molecule has 0 fully saturated rings. The van der Waals surface area contributed by atoms with E-state index in [1.165, 1.54) is 34.7 Å². The lowest BCUT2D eigenvalue weighted by atomic mass is 10.4. The minimum Gasteiger partial charge on any atom is -0.309 e. The highest BCUT2D eigenvalue weighted by Gasteiger charge is 2.10. The first kappa shape index (κ1) is 15.2. The van der Waals surface area contributed by atoms with Crippen LogP contribution in [0.3, 0.4) is 0 Å². The normalized spacial score (nSPS) is 10.8. The fourth-order valence-electron chi connectivity index (χ4n) is 1.82. The zero-order valence-corrected chi connectivity index (χ0v) is 12.5. The first-order valence-corrected chi connectivity index (χ1v) is 7.37. The number of hydrogen-bond acceptors (Lipinski definition) is 6. The highest BCUT2D eigenvalue weighted by atomic mass is 32.2. The maximum Gasteiger partial charge on any atom is 0.285 e. The van der Waals surface area contributed by atoms with Crippen LogP contribution in [0.4, 0.5) is 5.69 Å². The van der Waals surface area contributed by atoms with Crippen molar-refractivity contribution in [2.45, 2.75) is 25.0 Å². The lowest BCUT2D eigenvalue weighted by Crippen LogP contribution is -2.20. The molecule has 112 valence electrons. The Balaban J connectivity index is 2.03. The molecule has 2 rings (SSSR count). The summed E-state index contributed by atoms with van der Waals surface area (Å²) in [7, 11) is 1.89. The molecule has 0 aliphatic heterocycles. The van der Waals surface area contributed by atoms with Crippen LogP contribution in [0.1, 0.15) is 12.7 Å². The third-order valence-electron chi connectivity index (χ3n) is 2.98. The van der Waals surface area contributed by atoms with E-state index in [9.17, 15) is 14.9 Å². The smallest absolute Gasteiger partial charge is 0.285 e. The van der Waals surface area contributed by atoms with Gasteiger partial charge in [-0.3, -0.25) is 14.9 Å². The number of pyridine rings is 1. The first-order chi connectivity index (χ1) is 10.0. The van der Waals surface area contributed by atoms with Crippen LogP contribution in [0.15, 0.2) is 28.3 Å². The minimum absolute atomic E-state index is 0.0912. The molecule has 0 N–H and O–H groups in total. The number of aromatic nitrogens is 4. The van der Waals surface area contributed by atoms with E-state index in [1.54, 1.807) is 0 Å². The second kappa shape index (κ2) is 6.53. The van der Waals surface area contributed by atoms with E-state index >= 15 is 0 Å². The molecule has 0 bridgehead atoms. The van der Waals surface area contributed by atoms with Gasteiger partial charge in [0.1, 0.15) is 5.82 Å². The third-order valence-corrected chi connectivity index (χ3v) is 3.98. The van der Waals surface area contributed by atoms with Gasteiger partial charge in [0, 0.05) is 37.9 Å². The molecule has 0 saturated heterocycles. The van der Waals surface area contributed by atoms with Gasteiger partial charge in [0.05, 0.1) is 11.1 Å². The molecule has 0 atom stereocenters. The number of nitro groups is 1. The number of aryl methyl sites for hydroxylation is 2. The van der Waals surface area contributed by atoms with E-state index < -0.39 is 4.92 Å². The molecule has 0 unspecified atom stereocenters. The van der Waals surface area contributed by atoms with Crippen LogP contribution in [0.25, 0.3) is 0 Å². The predicted molar refractivity (Wildman–Crippen MR) is 78.5 cm³/mol. The molecule has 8 nitrogen and oxygen atoms in total. The lowest BCUT2D eigenvalue weighted by Gasteiger charge is -2.05. The largest absolute Gasteiger partial charge is 0.309 e. The van der Waals surface area contributed by atoms with Crippen LogP contribution in [-0.4, -0.2) is 30.0 Å². The molecule has 2 aromatic rings. The molecule has 9 heteroatoms. The van der Waals surface area contributed by atoms with Crippen LogP contribution in [0.5, 0.6) is 0 Å². The van der Waals surface area contributed by atoms with Gasteiger partial charge in [-0.15, -0.1) is 10.2 Å². The van der Waals surface area contributed by atoms with Crippen molar-refractivity contribution in [2.75, 3.05) is 5.75 Å². The van der Waals surface area contributed by atoms with E-state index in [-0.39, 0.29) is 11.2 Å². The molecule has 0 saturated carbocycles. The zero-order chi connectivity index (χ0) is 15.4. The van der Waals surface area contributed by atoms with Crippen molar-refractivity contribution >= 4 is 17.4 Å². The van der Waals surface area contributed by atoms with Crippen molar-refractivity contribution in [3.8, 4) is 0 Å².